The third-order valence-corrected chi connectivity index (χ3v) is 0.977. The number of rotatable bonds is 4. The quantitative estimate of drug-likeness (QED) is 0.508. The van der Waals surface area contributed by atoms with E-state index in [0.717, 1.165) is 0 Å². The fraction of sp³-hybridized carbons (Fsp3) is 1.00. The standard InChI is InChI=1S/C5H12BO3/c1-5(2,3-7)4-9-6-8/h7-8H,3-4H2,1-2H3. The predicted octanol–water partition coefficient (Wildman–Crippen LogP) is -0.452. The molecule has 0 spiro atoms. The lowest BCUT2D eigenvalue weighted by Crippen LogP contribution is -2.24. The van der Waals surface area contributed by atoms with Crippen LogP contribution in [0.5, 0.6) is 0 Å². The van der Waals surface area contributed by atoms with Gasteiger partial charge in [-0.2, -0.15) is 0 Å². The summed E-state index contributed by atoms with van der Waals surface area (Å²) in [6.07, 6.45) is 0. The first-order valence-electron chi connectivity index (χ1n) is 2.81. The molecular weight excluding hydrogens is 119 g/mol. The molecule has 0 rings (SSSR count). The molecule has 0 saturated carbocycles. The summed E-state index contributed by atoms with van der Waals surface area (Å²) in [5.74, 6) is 0. The van der Waals surface area contributed by atoms with Gasteiger partial charge in [0.15, 0.2) is 0 Å². The molecule has 0 saturated heterocycles. The second-order valence-corrected chi connectivity index (χ2v) is 2.74. The summed E-state index contributed by atoms with van der Waals surface area (Å²) in [7, 11) is 0.636. The molecule has 0 aromatic heterocycles. The average Bonchev–Trinajstić information content (AvgIpc) is 1.84. The van der Waals surface area contributed by atoms with Gasteiger partial charge in [-0.1, -0.05) is 13.8 Å². The Morgan fingerprint density at radius 2 is 2.11 bits per heavy atom. The van der Waals surface area contributed by atoms with Gasteiger partial charge in [-0.25, -0.2) is 0 Å². The maximum Gasteiger partial charge on any atom is 0.485 e. The van der Waals surface area contributed by atoms with Crippen LogP contribution in [0.1, 0.15) is 13.8 Å². The molecule has 2 N–H and O–H groups in total. The summed E-state index contributed by atoms with van der Waals surface area (Å²) in [6.45, 7) is 4.08. The fourth-order valence-electron chi connectivity index (χ4n) is 0.309. The Morgan fingerprint density at radius 3 is 2.44 bits per heavy atom. The van der Waals surface area contributed by atoms with Crippen LogP contribution >= 0.6 is 0 Å². The van der Waals surface area contributed by atoms with Crippen molar-refractivity contribution in [2.75, 3.05) is 13.2 Å². The zero-order valence-corrected chi connectivity index (χ0v) is 5.79. The summed E-state index contributed by atoms with van der Waals surface area (Å²) >= 11 is 0. The van der Waals surface area contributed by atoms with Crippen molar-refractivity contribution in [2.24, 2.45) is 5.41 Å². The maximum absolute atomic E-state index is 8.65. The van der Waals surface area contributed by atoms with Gasteiger partial charge in [0, 0.05) is 12.0 Å². The summed E-state index contributed by atoms with van der Waals surface area (Å²) in [5.41, 5.74) is -0.265. The van der Waals surface area contributed by atoms with Crippen molar-refractivity contribution in [2.45, 2.75) is 13.8 Å². The first-order chi connectivity index (χ1) is 4.12. The van der Waals surface area contributed by atoms with Crippen LogP contribution in [0.4, 0.5) is 0 Å². The lowest BCUT2D eigenvalue weighted by molar-refractivity contribution is 0.0920. The number of hydrogen-bond acceptors (Lipinski definition) is 3. The molecule has 9 heavy (non-hydrogen) atoms. The largest absolute Gasteiger partial charge is 0.485 e. The molecule has 4 heteroatoms. The van der Waals surface area contributed by atoms with Crippen LogP contribution in [0, 0.1) is 5.41 Å². The van der Waals surface area contributed by atoms with Gasteiger partial charge in [0.25, 0.3) is 0 Å². The van der Waals surface area contributed by atoms with Gasteiger partial charge in [0.2, 0.25) is 0 Å². The average molecular weight is 131 g/mol. The van der Waals surface area contributed by atoms with Crippen LogP contribution < -0.4 is 0 Å². The van der Waals surface area contributed by atoms with Gasteiger partial charge in [-0.3, -0.25) is 0 Å². The summed E-state index contributed by atoms with van der Waals surface area (Å²) in [6, 6.07) is 0. The predicted molar refractivity (Wildman–Crippen MR) is 34.8 cm³/mol. The topological polar surface area (TPSA) is 49.7 Å². The normalized spacial score (nSPS) is 11.6. The Bertz CT molecular complexity index is 74.6. The van der Waals surface area contributed by atoms with E-state index in [1.807, 2.05) is 13.8 Å². The van der Waals surface area contributed by atoms with Gasteiger partial charge in [0.1, 0.15) is 0 Å². The molecule has 0 aromatic carbocycles. The zero-order valence-electron chi connectivity index (χ0n) is 5.79. The van der Waals surface area contributed by atoms with Crippen LogP contribution in [-0.4, -0.2) is 31.0 Å². The molecule has 0 aromatic rings. The van der Waals surface area contributed by atoms with Crippen molar-refractivity contribution in [3.05, 3.63) is 0 Å². The highest BCUT2D eigenvalue weighted by Crippen LogP contribution is 2.12. The van der Waals surface area contributed by atoms with Crippen molar-refractivity contribution in [1.82, 2.24) is 0 Å². The van der Waals surface area contributed by atoms with Crippen LogP contribution in [0.25, 0.3) is 0 Å². The highest BCUT2D eigenvalue weighted by molar-refractivity contribution is 6.15. The van der Waals surface area contributed by atoms with E-state index in [1.165, 1.54) is 0 Å². The Kier molecular flexibility index (Phi) is 3.85. The first-order valence-corrected chi connectivity index (χ1v) is 2.81. The highest BCUT2D eigenvalue weighted by Gasteiger charge is 2.15. The molecule has 0 aliphatic rings. The van der Waals surface area contributed by atoms with Crippen LogP contribution in [0.2, 0.25) is 0 Å². The SMILES string of the molecule is CC(C)(CO)CO[B]O. The smallest absolute Gasteiger partial charge is 0.429 e. The zero-order chi connectivity index (χ0) is 7.33. The maximum atomic E-state index is 8.65. The van der Waals surface area contributed by atoms with Gasteiger partial charge in [-0.15, -0.1) is 0 Å². The van der Waals surface area contributed by atoms with Crippen molar-refractivity contribution in [3.63, 3.8) is 0 Å². The van der Waals surface area contributed by atoms with Crippen molar-refractivity contribution < 1.29 is 14.8 Å². The van der Waals surface area contributed by atoms with E-state index >= 15 is 0 Å². The Morgan fingerprint density at radius 1 is 1.56 bits per heavy atom. The van der Waals surface area contributed by atoms with E-state index in [4.69, 9.17) is 10.1 Å². The Labute approximate surface area is 56.0 Å². The Balaban J connectivity index is 3.33. The van der Waals surface area contributed by atoms with Crippen molar-refractivity contribution >= 4 is 7.69 Å². The van der Waals surface area contributed by atoms with Gasteiger partial charge in [0.05, 0.1) is 6.61 Å². The second-order valence-electron chi connectivity index (χ2n) is 2.74. The third kappa shape index (κ3) is 4.45. The summed E-state index contributed by atoms with van der Waals surface area (Å²) < 4.78 is 4.56. The molecule has 0 bridgehead atoms. The minimum absolute atomic E-state index is 0.0564. The second kappa shape index (κ2) is 3.87. The van der Waals surface area contributed by atoms with E-state index in [2.05, 4.69) is 4.65 Å². The fourth-order valence-corrected chi connectivity index (χ4v) is 0.309. The van der Waals surface area contributed by atoms with Gasteiger partial charge >= 0.3 is 7.69 Å². The number of aliphatic hydroxyl groups excluding tert-OH is 1. The molecule has 0 heterocycles. The molecule has 0 amide bonds. The minimum atomic E-state index is -0.265. The molecule has 1 radical (unpaired) electrons. The molecule has 3 nitrogen and oxygen atoms in total. The van der Waals surface area contributed by atoms with Crippen LogP contribution in [-0.2, 0) is 4.65 Å². The highest BCUT2D eigenvalue weighted by atomic mass is 16.5. The minimum Gasteiger partial charge on any atom is -0.429 e. The van der Waals surface area contributed by atoms with Crippen LogP contribution in [0.15, 0.2) is 0 Å². The molecular formula is C5H12BO3. The summed E-state index contributed by atoms with van der Waals surface area (Å²) in [5, 5.41) is 16.7. The molecule has 0 aliphatic carbocycles. The van der Waals surface area contributed by atoms with E-state index in [0.29, 0.717) is 14.3 Å². The third-order valence-electron chi connectivity index (χ3n) is 0.977. The van der Waals surface area contributed by atoms with E-state index in [1.54, 1.807) is 0 Å². The van der Waals surface area contributed by atoms with Crippen LogP contribution in [0.3, 0.4) is 0 Å². The first kappa shape index (κ1) is 8.94. The molecule has 0 fully saturated rings. The molecule has 0 unspecified atom stereocenters. The van der Waals surface area contributed by atoms with E-state index in [-0.39, 0.29) is 12.0 Å². The number of aliphatic hydroxyl groups is 1. The molecule has 0 aliphatic heterocycles. The molecule has 53 valence electrons. The van der Waals surface area contributed by atoms with Crippen molar-refractivity contribution in [3.8, 4) is 0 Å². The van der Waals surface area contributed by atoms with E-state index < -0.39 is 0 Å². The molecule has 0 atom stereocenters. The Hall–Kier alpha value is -0.0551. The lowest BCUT2D eigenvalue weighted by atomic mass is 9.96. The van der Waals surface area contributed by atoms with Gasteiger partial charge < -0.3 is 14.8 Å². The van der Waals surface area contributed by atoms with Crippen molar-refractivity contribution in [1.29, 1.82) is 0 Å². The summed E-state index contributed by atoms with van der Waals surface area (Å²) in [4.78, 5) is 0. The van der Waals surface area contributed by atoms with E-state index in [9.17, 15) is 0 Å². The number of hydrogen-bond donors (Lipinski definition) is 2. The lowest BCUT2D eigenvalue weighted by Gasteiger charge is -2.19. The van der Waals surface area contributed by atoms with Gasteiger partial charge in [-0.05, 0) is 0 Å². The monoisotopic (exact) mass is 131 g/mol.